The molecule has 11 heavy (non-hydrogen) atoms. The maximum absolute atomic E-state index is 11.0. The lowest BCUT2D eigenvalue weighted by atomic mass is 10.1. The Bertz CT molecular complexity index is 210. The topological polar surface area (TPSA) is 75.4 Å². The number of carbonyl (C=O) groups is 1. The predicted molar refractivity (Wildman–Crippen MR) is 40.3 cm³/mol. The zero-order valence-corrected chi connectivity index (χ0v) is 7.14. The van der Waals surface area contributed by atoms with Gasteiger partial charge < -0.3 is 0 Å². The number of hydrogen-bond acceptors (Lipinski definition) is 4. The molecular formula is C5H10N3O2S+. The van der Waals surface area contributed by atoms with Gasteiger partial charge in [-0.25, -0.2) is 5.01 Å². The Balaban J connectivity index is 2.96. The molecule has 2 atom stereocenters. The first-order valence-corrected chi connectivity index (χ1v) is 3.90. The number of nitrogens with one attached hydrogen (secondary N) is 1. The number of rotatable bonds is 1. The van der Waals surface area contributed by atoms with Gasteiger partial charge in [-0.3, -0.25) is 16.0 Å². The van der Waals surface area contributed by atoms with Crippen LogP contribution < -0.4 is 11.2 Å². The van der Waals surface area contributed by atoms with Gasteiger partial charge >= 0.3 is 22.4 Å². The smallest absolute Gasteiger partial charge is 0.282 e. The Labute approximate surface area is 68.4 Å². The summed E-state index contributed by atoms with van der Waals surface area (Å²) in [5.74, 6) is -0.424. The average molecular weight is 176 g/mol. The van der Waals surface area contributed by atoms with Crippen molar-refractivity contribution in [1.82, 2.24) is 10.4 Å². The highest BCUT2D eigenvalue weighted by Crippen LogP contribution is 2.17. The van der Waals surface area contributed by atoms with Crippen LogP contribution >= 0.6 is 0 Å². The average Bonchev–Trinajstić information content (AvgIpc) is 2.16. The summed E-state index contributed by atoms with van der Waals surface area (Å²) >= 11 is 0.129. The summed E-state index contributed by atoms with van der Waals surface area (Å²) in [7, 11) is 1.67. The number of amides is 1. The molecule has 5 nitrogen and oxygen atoms in total. The number of hydrogen-bond donors (Lipinski definition) is 2. The van der Waals surface area contributed by atoms with Crippen LogP contribution in [0.2, 0.25) is 0 Å². The van der Waals surface area contributed by atoms with Crippen molar-refractivity contribution < 1.29 is 9.00 Å². The van der Waals surface area contributed by atoms with Gasteiger partial charge in [-0.05, 0) is 6.92 Å². The van der Waals surface area contributed by atoms with Crippen molar-refractivity contribution in [2.45, 2.75) is 17.8 Å². The van der Waals surface area contributed by atoms with Gasteiger partial charge in [-0.15, -0.1) is 0 Å². The molecule has 6 heteroatoms. The third-order valence-electron chi connectivity index (χ3n) is 1.97. The lowest BCUT2D eigenvalue weighted by molar-refractivity contribution is -0.122. The van der Waals surface area contributed by atoms with E-state index in [-0.39, 0.29) is 17.7 Å². The maximum atomic E-state index is 11.0. The van der Waals surface area contributed by atoms with E-state index in [0.29, 0.717) is 0 Å². The van der Waals surface area contributed by atoms with Gasteiger partial charge in [0.05, 0.1) is 0 Å². The van der Waals surface area contributed by atoms with E-state index in [0.717, 1.165) is 0 Å². The molecule has 1 saturated heterocycles. The molecule has 62 valence electrons. The molecule has 1 aliphatic rings. The highest BCUT2D eigenvalue weighted by Gasteiger charge is 2.61. The van der Waals surface area contributed by atoms with Crippen molar-refractivity contribution in [3.05, 3.63) is 0 Å². The first-order chi connectivity index (χ1) is 5.02. The van der Waals surface area contributed by atoms with Gasteiger partial charge in [0.15, 0.2) is 0 Å². The summed E-state index contributed by atoms with van der Waals surface area (Å²) in [4.78, 5) is 9.71. The molecule has 0 saturated carbocycles. The van der Waals surface area contributed by atoms with Crippen LogP contribution in [0.1, 0.15) is 6.92 Å². The second-order valence-electron chi connectivity index (χ2n) is 2.60. The van der Waals surface area contributed by atoms with Crippen LogP contribution in [0.25, 0.3) is 0 Å². The second-order valence-corrected chi connectivity index (χ2v) is 3.45. The summed E-state index contributed by atoms with van der Waals surface area (Å²) < 4.78 is 10.5. The zero-order valence-electron chi connectivity index (χ0n) is 6.33. The Hall–Kier alpha value is -0.590. The van der Waals surface area contributed by atoms with Crippen LogP contribution in [0.4, 0.5) is 0 Å². The SMILES string of the molecule is CC1N(C)NC(=O)C1(N)[S+]=O. The molecule has 0 aromatic rings. The standard InChI is InChI=1S/C5H9N3O2S/c1-3-5(6,11-10)4(9)7-8(3)2/h3H,6H2,1-2H3/p+1. The quantitative estimate of drug-likeness (QED) is 0.374. The number of likely N-dealkylation sites (N-methyl/N-ethyl adjacent to an activating group) is 1. The molecule has 1 amide bonds. The lowest BCUT2D eigenvalue weighted by Gasteiger charge is -2.12. The largest absolute Gasteiger partial charge is 0.495 e. The van der Waals surface area contributed by atoms with Crippen molar-refractivity contribution >= 4 is 17.6 Å². The van der Waals surface area contributed by atoms with Crippen molar-refractivity contribution in [2.75, 3.05) is 7.05 Å². The van der Waals surface area contributed by atoms with Crippen LogP contribution in [-0.4, -0.2) is 28.9 Å². The Kier molecular flexibility index (Phi) is 1.91. The molecular weight excluding hydrogens is 166 g/mol. The summed E-state index contributed by atoms with van der Waals surface area (Å²) in [5, 5.41) is 1.53. The zero-order chi connectivity index (χ0) is 8.65. The van der Waals surface area contributed by atoms with E-state index in [1.54, 1.807) is 14.0 Å². The molecule has 0 aromatic heterocycles. The van der Waals surface area contributed by atoms with Gasteiger partial charge in [0.25, 0.3) is 0 Å². The molecule has 1 fully saturated rings. The molecule has 0 radical (unpaired) electrons. The highest BCUT2D eigenvalue weighted by molar-refractivity contribution is 7.68. The molecule has 2 unspecified atom stereocenters. The normalized spacial score (nSPS) is 38.8. The van der Waals surface area contributed by atoms with Crippen molar-refractivity contribution in [1.29, 1.82) is 0 Å². The van der Waals surface area contributed by atoms with Gasteiger partial charge in [0.2, 0.25) is 0 Å². The van der Waals surface area contributed by atoms with E-state index in [1.165, 1.54) is 5.01 Å². The highest BCUT2D eigenvalue weighted by atomic mass is 32.1. The number of carbonyl (C=O) groups excluding carboxylic acids is 1. The maximum Gasteiger partial charge on any atom is 0.495 e. The van der Waals surface area contributed by atoms with E-state index < -0.39 is 10.8 Å². The number of nitrogens with zero attached hydrogens (tertiary/aromatic N) is 1. The Morgan fingerprint density at radius 1 is 1.82 bits per heavy atom. The van der Waals surface area contributed by atoms with Crippen LogP contribution in [0.5, 0.6) is 0 Å². The molecule has 0 aliphatic carbocycles. The van der Waals surface area contributed by atoms with Gasteiger partial charge in [-0.1, -0.05) is 0 Å². The molecule has 0 spiro atoms. The first kappa shape index (κ1) is 8.51. The first-order valence-electron chi connectivity index (χ1n) is 3.16. The lowest BCUT2D eigenvalue weighted by Crippen LogP contribution is -2.53. The molecule has 1 rings (SSSR count). The van der Waals surface area contributed by atoms with Crippen LogP contribution in [-0.2, 0) is 20.7 Å². The van der Waals surface area contributed by atoms with E-state index in [4.69, 9.17) is 5.73 Å². The number of nitrogens with two attached hydrogens (primary N) is 1. The monoisotopic (exact) mass is 176 g/mol. The Morgan fingerprint density at radius 3 is 2.55 bits per heavy atom. The fraction of sp³-hybridized carbons (Fsp3) is 0.800. The third-order valence-corrected chi connectivity index (χ3v) is 2.77. The van der Waals surface area contributed by atoms with Crippen LogP contribution in [0.15, 0.2) is 0 Å². The van der Waals surface area contributed by atoms with E-state index in [1.807, 2.05) is 0 Å². The number of hydrazine groups is 1. The van der Waals surface area contributed by atoms with Gasteiger partial charge in [-0.2, -0.15) is 0 Å². The molecule has 1 aliphatic heterocycles. The molecule has 0 aromatic carbocycles. The van der Waals surface area contributed by atoms with Crippen molar-refractivity contribution in [2.24, 2.45) is 5.73 Å². The molecule has 3 N–H and O–H groups in total. The van der Waals surface area contributed by atoms with Crippen LogP contribution in [0.3, 0.4) is 0 Å². The Morgan fingerprint density at radius 2 is 2.36 bits per heavy atom. The van der Waals surface area contributed by atoms with Crippen molar-refractivity contribution in [3.63, 3.8) is 0 Å². The van der Waals surface area contributed by atoms with E-state index in [2.05, 4.69) is 5.43 Å². The fourth-order valence-corrected chi connectivity index (χ4v) is 1.35. The van der Waals surface area contributed by atoms with E-state index >= 15 is 0 Å². The fourth-order valence-electron chi connectivity index (χ4n) is 0.929. The summed E-state index contributed by atoms with van der Waals surface area (Å²) in [5.41, 5.74) is 7.99. The van der Waals surface area contributed by atoms with E-state index in [9.17, 15) is 9.00 Å². The second kappa shape index (κ2) is 2.47. The molecule has 0 bridgehead atoms. The minimum Gasteiger partial charge on any atom is -0.282 e. The minimum absolute atomic E-state index is 0.129. The summed E-state index contributed by atoms with van der Waals surface area (Å²) in [6.07, 6.45) is 0. The van der Waals surface area contributed by atoms with Gasteiger partial charge in [0.1, 0.15) is 6.04 Å². The third kappa shape index (κ3) is 1.03. The minimum atomic E-state index is -1.34. The van der Waals surface area contributed by atoms with Gasteiger partial charge in [0, 0.05) is 11.3 Å². The molecule has 1 heterocycles. The van der Waals surface area contributed by atoms with Crippen LogP contribution in [0, 0.1) is 0 Å². The van der Waals surface area contributed by atoms with Crippen molar-refractivity contribution in [3.8, 4) is 0 Å². The summed E-state index contributed by atoms with van der Waals surface area (Å²) in [6.45, 7) is 1.72. The summed E-state index contributed by atoms with van der Waals surface area (Å²) in [6, 6.07) is -0.280. The predicted octanol–water partition coefficient (Wildman–Crippen LogP) is -1.57.